The highest BCUT2D eigenvalue weighted by Gasteiger charge is 2.25. The maximum Gasteiger partial charge on any atom is 0.363 e. The molecule has 0 atom stereocenters. The van der Waals surface area contributed by atoms with E-state index in [9.17, 15) is 4.79 Å². The molecule has 3 aromatic rings. The predicted molar refractivity (Wildman–Crippen MR) is 119 cm³/mol. The third-order valence-electron chi connectivity index (χ3n) is 4.56. The Kier molecular flexibility index (Phi) is 5.88. The van der Waals surface area contributed by atoms with E-state index in [0.29, 0.717) is 28.0 Å². The van der Waals surface area contributed by atoms with Gasteiger partial charge in [0.25, 0.3) is 0 Å². The first kappa shape index (κ1) is 20.2. The molecule has 150 valence electrons. The third kappa shape index (κ3) is 4.56. The molecule has 0 aliphatic carbocycles. The summed E-state index contributed by atoms with van der Waals surface area (Å²) in [6.45, 7) is 2.28. The van der Waals surface area contributed by atoms with Crippen molar-refractivity contribution in [1.82, 2.24) is 0 Å². The Morgan fingerprint density at radius 3 is 2.57 bits per heavy atom. The van der Waals surface area contributed by atoms with Gasteiger partial charge in [-0.25, -0.2) is 9.79 Å². The molecule has 0 spiro atoms. The Hall–Kier alpha value is -3.08. The van der Waals surface area contributed by atoms with E-state index in [2.05, 4.69) is 4.99 Å². The first-order chi connectivity index (χ1) is 14.5. The number of cyclic esters (lactones) is 1. The van der Waals surface area contributed by atoms with Crippen molar-refractivity contribution in [2.45, 2.75) is 13.5 Å². The first-order valence-electron chi connectivity index (χ1n) is 9.25. The number of nitrogens with zero attached hydrogens (tertiary/aromatic N) is 1. The number of aliphatic imine (C=N–C) groups is 1. The molecule has 1 aliphatic rings. The summed E-state index contributed by atoms with van der Waals surface area (Å²) in [4.78, 5) is 16.7. The maximum atomic E-state index is 12.3. The largest absolute Gasteiger partial charge is 0.488 e. The molecule has 0 radical (unpaired) electrons. The van der Waals surface area contributed by atoms with E-state index in [0.717, 1.165) is 16.7 Å². The molecule has 1 aliphatic heterocycles. The van der Waals surface area contributed by atoms with E-state index < -0.39 is 5.97 Å². The summed E-state index contributed by atoms with van der Waals surface area (Å²) in [6, 6.07) is 20.3. The number of hydrogen-bond acceptors (Lipinski definition) is 4. The van der Waals surface area contributed by atoms with E-state index in [4.69, 9.17) is 32.7 Å². The zero-order chi connectivity index (χ0) is 21.1. The van der Waals surface area contributed by atoms with Gasteiger partial charge in [-0.2, -0.15) is 0 Å². The maximum absolute atomic E-state index is 12.3. The van der Waals surface area contributed by atoms with Crippen LogP contribution in [0.5, 0.6) is 5.75 Å². The molecule has 1 heterocycles. The van der Waals surface area contributed by atoms with Crippen molar-refractivity contribution >= 4 is 41.1 Å². The van der Waals surface area contributed by atoms with Crippen molar-refractivity contribution in [3.63, 3.8) is 0 Å². The number of rotatable bonds is 5. The number of esters is 1. The normalized spacial score (nSPS) is 14.6. The highest BCUT2D eigenvalue weighted by molar-refractivity contribution is 6.32. The second-order valence-corrected chi connectivity index (χ2v) is 7.60. The molecule has 3 aromatic carbocycles. The summed E-state index contributed by atoms with van der Waals surface area (Å²) in [5, 5.41) is 1.26. The zero-order valence-corrected chi connectivity index (χ0v) is 17.6. The van der Waals surface area contributed by atoms with Crippen LogP contribution in [0.25, 0.3) is 6.08 Å². The predicted octanol–water partition coefficient (Wildman–Crippen LogP) is 6.23. The molecule has 4 rings (SSSR count). The number of carbonyl (C=O) groups is 1. The van der Waals surface area contributed by atoms with Crippen LogP contribution in [0.1, 0.15) is 22.3 Å². The lowest BCUT2D eigenvalue weighted by Crippen LogP contribution is -2.05. The number of halogens is 2. The molecule has 6 heteroatoms. The van der Waals surface area contributed by atoms with Crippen LogP contribution in [0.4, 0.5) is 0 Å². The molecule has 0 N–H and O–H groups in total. The van der Waals surface area contributed by atoms with Crippen molar-refractivity contribution in [3.8, 4) is 5.75 Å². The average Bonchev–Trinajstić information content (AvgIpc) is 3.11. The van der Waals surface area contributed by atoms with Crippen LogP contribution in [-0.4, -0.2) is 11.9 Å². The second-order valence-electron chi connectivity index (χ2n) is 6.75. The molecule has 0 fully saturated rings. The van der Waals surface area contributed by atoms with E-state index in [1.54, 1.807) is 12.1 Å². The standard InChI is InChI=1S/C24H17Cl2NO3/c1-15-6-9-18(12-20(15)26)23-27-21(24(28)30-23)13-17-4-2-3-5-22(17)29-14-16-7-10-19(25)11-8-16/h2-13H,14H2,1H3/b21-13+. The smallest absolute Gasteiger partial charge is 0.363 e. The van der Waals surface area contributed by atoms with Gasteiger partial charge in [0, 0.05) is 21.2 Å². The summed E-state index contributed by atoms with van der Waals surface area (Å²) in [7, 11) is 0. The topological polar surface area (TPSA) is 47.9 Å². The fourth-order valence-electron chi connectivity index (χ4n) is 2.88. The Morgan fingerprint density at radius 1 is 1.03 bits per heavy atom. The summed E-state index contributed by atoms with van der Waals surface area (Å²) >= 11 is 12.1. The van der Waals surface area contributed by atoms with Crippen molar-refractivity contribution in [1.29, 1.82) is 0 Å². The zero-order valence-electron chi connectivity index (χ0n) is 16.1. The lowest BCUT2D eigenvalue weighted by atomic mass is 10.1. The van der Waals surface area contributed by atoms with Gasteiger partial charge in [-0.05, 0) is 54.5 Å². The van der Waals surface area contributed by atoms with Crippen molar-refractivity contribution < 1.29 is 14.3 Å². The average molecular weight is 438 g/mol. The molecule has 0 aromatic heterocycles. The molecule has 0 saturated carbocycles. The first-order valence-corrected chi connectivity index (χ1v) is 10.0. The molecule has 0 unspecified atom stereocenters. The highest BCUT2D eigenvalue weighted by Crippen LogP contribution is 2.26. The van der Waals surface area contributed by atoms with Gasteiger partial charge >= 0.3 is 5.97 Å². The molecule has 0 bridgehead atoms. The Labute approximate surface area is 184 Å². The minimum absolute atomic E-state index is 0.198. The van der Waals surface area contributed by atoms with Gasteiger partial charge in [0.2, 0.25) is 5.90 Å². The molecule has 0 amide bonds. The molecule has 4 nitrogen and oxygen atoms in total. The van der Waals surface area contributed by atoms with Crippen LogP contribution in [0.15, 0.2) is 77.4 Å². The van der Waals surface area contributed by atoms with E-state index in [1.807, 2.05) is 67.6 Å². The molecular formula is C24H17Cl2NO3. The Bertz CT molecular complexity index is 1170. The van der Waals surface area contributed by atoms with Gasteiger partial charge in [-0.1, -0.05) is 59.6 Å². The van der Waals surface area contributed by atoms with E-state index >= 15 is 0 Å². The fraction of sp³-hybridized carbons (Fsp3) is 0.0833. The van der Waals surface area contributed by atoms with Crippen LogP contribution in [0.3, 0.4) is 0 Å². The molecule has 30 heavy (non-hydrogen) atoms. The van der Waals surface area contributed by atoms with Gasteiger partial charge < -0.3 is 9.47 Å². The minimum Gasteiger partial charge on any atom is -0.488 e. The molecular weight excluding hydrogens is 421 g/mol. The van der Waals surface area contributed by atoms with Crippen LogP contribution >= 0.6 is 23.2 Å². The number of hydrogen-bond donors (Lipinski definition) is 0. The Morgan fingerprint density at radius 2 is 1.80 bits per heavy atom. The Balaban J connectivity index is 1.58. The number of ether oxygens (including phenoxy) is 2. The number of aryl methyl sites for hydroxylation is 1. The number of benzene rings is 3. The number of carbonyl (C=O) groups excluding carboxylic acids is 1. The summed E-state index contributed by atoms with van der Waals surface area (Å²) in [5.41, 5.74) is 3.50. The van der Waals surface area contributed by atoms with Gasteiger partial charge in [0.05, 0.1) is 0 Å². The van der Waals surface area contributed by atoms with Gasteiger partial charge in [0.1, 0.15) is 12.4 Å². The van der Waals surface area contributed by atoms with Gasteiger partial charge in [-0.15, -0.1) is 0 Å². The molecule has 0 saturated heterocycles. The van der Waals surface area contributed by atoms with Crippen LogP contribution in [0, 0.1) is 6.92 Å². The lowest BCUT2D eigenvalue weighted by molar-refractivity contribution is -0.129. The van der Waals surface area contributed by atoms with Crippen LogP contribution < -0.4 is 4.74 Å². The quantitative estimate of drug-likeness (QED) is 0.351. The van der Waals surface area contributed by atoms with Crippen molar-refractivity contribution in [2.75, 3.05) is 0 Å². The van der Waals surface area contributed by atoms with E-state index in [1.165, 1.54) is 0 Å². The van der Waals surface area contributed by atoms with Crippen LogP contribution in [-0.2, 0) is 16.1 Å². The van der Waals surface area contributed by atoms with Crippen molar-refractivity contribution in [2.24, 2.45) is 4.99 Å². The van der Waals surface area contributed by atoms with Gasteiger partial charge in [-0.3, -0.25) is 0 Å². The summed E-state index contributed by atoms with van der Waals surface area (Å²) < 4.78 is 11.3. The summed E-state index contributed by atoms with van der Waals surface area (Å²) in [5.74, 6) is 0.344. The monoisotopic (exact) mass is 437 g/mol. The third-order valence-corrected chi connectivity index (χ3v) is 5.22. The van der Waals surface area contributed by atoms with Crippen molar-refractivity contribution in [3.05, 3.63) is 105 Å². The fourth-order valence-corrected chi connectivity index (χ4v) is 3.19. The SMILES string of the molecule is Cc1ccc(C2=N/C(=C/c3ccccc3OCc3ccc(Cl)cc3)C(=O)O2)cc1Cl. The second kappa shape index (κ2) is 8.74. The lowest BCUT2D eigenvalue weighted by Gasteiger charge is -2.09. The van der Waals surface area contributed by atoms with E-state index in [-0.39, 0.29) is 11.6 Å². The minimum atomic E-state index is -0.519. The number of para-hydroxylation sites is 1. The highest BCUT2D eigenvalue weighted by atomic mass is 35.5. The van der Waals surface area contributed by atoms with Crippen LogP contribution in [0.2, 0.25) is 10.0 Å². The summed E-state index contributed by atoms with van der Waals surface area (Å²) in [6.07, 6.45) is 1.66. The van der Waals surface area contributed by atoms with Gasteiger partial charge in [0.15, 0.2) is 5.70 Å².